The van der Waals surface area contributed by atoms with Crippen molar-refractivity contribution in [2.24, 2.45) is 0 Å². The molecule has 0 saturated carbocycles. The van der Waals surface area contributed by atoms with Gasteiger partial charge in [-0.1, -0.05) is 25.1 Å². The molecule has 0 atom stereocenters. The van der Waals surface area contributed by atoms with Gasteiger partial charge in [0.05, 0.1) is 10.1 Å². The minimum Gasteiger partial charge on any atom is -0.748 e. The van der Waals surface area contributed by atoms with Crippen LogP contribution in [0.25, 0.3) is 0 Å². The van der Waals surface area contributed by atoms with Crippen LogP contribution in [0.1, 0.15) is 6.92 Å². The smallest absolute Gasteiger partial charge is 0.748 e. The van der Waals surface area contributed by atoms with E-state index < -0.39 is 10.1 Å². The fraction of sp³-hybridized carbons (Fsp3) is 0.250. The van der Waals surface area contributed by atoms with Crippen LogP contribution in [-0.4, -0.2) is 18.7 Å². The Morgan fingerprint density at radius 1 is 1.29 bits per heavy atom. The molecule has 0 radical (unpaired) electrons. The van der Waals surface area contributed by atoms with E-state index in [-0.39, 0.29) is 35.3 Å². The zero-order chi connectivity index (χ0) is 10.3. The molecule has 4 nitrogen and oxygen atoms in total. The second-order valence-electron chi connectivity index (χ2n) is 2.26. The third kappa shape index (κ3) is 11.9. The maximum absolute atomic E-state index is 9.44. The van der Waals surface area contributed by atoms with Crippen molar-refractivity contribution < 1.29 is 42.5 Å². The predicted molar refractivity (Wildman–Crippen MR) is 51.1 cm³/mol. The van der Waals surface area contributed by atoms with Gasteiger partial charge in [-0.2, -0.15) is 0 Å². The molecule has 6 heteroatoms. The Kier molecular flexibility index (Phi) is 9.65. The molecule has 0 unspecified atom stereocenters. The van der Waals surface area contributed by atoms with Crippen LogP contribution < -0.4 is 35.3 Å². The summed E-state index contributed by atoms with van der Waals surface area (Å²) in [5.74, 6) is -0.312. The SMILES string of the molecule is CCS(=O)(=O)[O-].Nc1ccccc1.[Na+]. The van der Waals surface area contributed by atoms with Crippen molar-refractivity contribution in [1.82, 2.24) is 0 Å². The Labute approximate surface area is 107 Å². The average Bonchev–Trinajstić information content (AvgIpc) is 2.06. The normalized spacial score (nSPS) is 9.29. The van der Waals surface area contributed by atoms with Crippen molar-refractivity contribution in [3.63, 3.8) is 0 Å². The summed E-state index contributed by atoms with van der Waals surface area (Å²) in [6.45, 7) is 1.31. The second-order valence-corrected chi connectivity index (χ2v) is 3.95. The minimum atomic E-state index is -3.91. The number of anilines is 1. The van der Waals surface area contributed by atoms with Crippen molar-refractivity contribution in [2.45, 2.75) is 6.92 Å². The summed E-state index contributed by atoms with van der Waals surface area (Å²) in [4.78, 5) is 0. The number of nitrogens with two attached hydrogens (primary N) is 1. The molecule has 0 heterocycles. The van der Waals surface area contributed by atoms with Gasteiger partial charge in [0.15, 0.2) is 0 Å². The van der Waals surface area contributed by atoms with Crippen molar-refractivity contribution in [3.05, 3.63) is 30.3 Å². The molecule has 0 aliphatic heterocycles. The summed E-state index contributed by atoms with van der Waals surface area (Å²) < 4.78 is 28.3. The van der Waals surface area contributed by atoms with E-state index in [1.54, 1.807) is 0 Å². The Morgan fingerprint density at radius 2 is 1.64 bits per heavy atom. The van der Waals surface area contributed by atoms with Crippen LogP contribution in [0.4, 0.5) is 5.69 Å². The maximum atomic E-state index is 9.44. The second kappa shape index (κ2) is 8.26. The summed E-state index contributed by atoms with van der Waals surface area (Å²) in [7, 11) is -3.91. The Morgan fingerprint density at radius 3 is 1.79 bits per heavy atom. The molecule has 0 saturated heterocycles. The predicted octanol–water partition coefficient (Wildman–Crippen LogP) is -2.18. The van der Waals surface area contributed by atoms with E-state index in [4.69, 9.17) is 5.73 Å². The van der Waals surface area contributed by atoms with Crippen molar-refractivity contribution in [3.8, 4) is 0 Å². The summed E-state index contributed by atoms with van der Waals surface area (Å²) >= 11 is 0. The monoisotopic (exact) mass is 225 g/mol. The van der Waals surface area contributed by atoms with Crippen LogP contribution in [0.15, 0.2) is 30.3 Å². The van der Waals surface area contributed by atoms with E-state index in [9.17, 15) is 13.0 Å². The van der Waals surface area contributed by atoms with Gasteiger partial charge < -0.3 is 10.3 Å². The van der Waals surface area contributed by atoms with Crippen LogP contribution in [0.2, 0.25) is 0 Å². The number of para-hydroxylation sites is 1. The summed E-state index contributed by atoms with van der Waals surface area (Å²) in [6, 6.07) is 9.49. The van der Waals surface area contributed by atoms with E-state index in [0.29, 0.717) is 0 Å². The maximum Gasteiger partial charge on any atom is 1.00 e. The molecular formula is C8H12NNaO3S. The zero-order valence-corrected chi connectivity index (χ0v) is 11.1. The molecule has 1 aromatic rings. The molecule has 0 fully saturated rings. The van der Waals surface area contributed by atoms with Crippen LogP contribution in [0.3, 0.4) is 0 Å². The van der Waals surface area contributed by atoms with E-state index in [0.717, 1.165) is 5.69 Å². The molecule has 1 rings (SSSR count). The summed E-state index contributed by atoms with van der Waals surface area (Å²) in [5.41, 5.74) is 6.18. The van der Waals surface area contributed by atoms with E-state index in [1.165, 1.54) is 6.92 Å². The first-order valence-electron chi connectivity index (χ1n) is 3.70. The zero-order valence-electron chi connectivity index (χ0n) is 8.30. The molecule has 0 bridgehead atoms. The third-order valence-electron chi connectivity index (χ3n) is 1.15. The molecule has 14 heavy (non-hydrogen) atoms. The first-order valence-corrected chi connectivity index (χ1v) is 5.27. The Bertz CT molecular complexity index is 326. The molecule has 0 spiro atoms. The number of nitrogen functional groups attached to an aromatic ring is 1. The van der Waals surface area contributed by atoms with Gasteiger partial charge in [-0.3, -0.25) is 0 Å². The van der Waals surface area contributed by atoms with Crippen molar-refractivity contribution in [1.29, 1.82) is 0 Å². The van der Waals surface area contributed by atoms with E-state index in [1.807, 2.05) is 30.3 Å². The molecular weight excluding hydrogens is 213 g/mol. The van der Waals surface area contributed by atoms with Crippen LogP contribution in [-0.2, 0) is 10.1 Å². The fourth-order valence-electron chi connectivity index (χ4n) is 0.453. The average molecular weight is 225 g/mol. The Hall–Kier alpha value is -0.0700. The first-order chi connectivity index (χ1) is 5.95. The van der Waals surface area contributed by atoms with Gasteiger partial charge in [0.2, 0.25) is 0 Å². The summed E-state index contributed by atoms with van der Waals surface area (Å²) in [6.07, 6.45) is 0. The van der Waals surface area contributed by atoms with Crippen LogP contribution in [0, 0.1) is 0 Å². The molecule has 2 N–H and O–H groups in total. The van der Waals surface area contributed by atoms with Crippen molar-refractivity contribution in [2.75, 3.05) is 11.5 Å². The summed E-state index contributed by atoms with van der Waals surface area (Å²) in [5, 5.41) is 0. The number of hydrogen-bond acceptors (Lipinski definition) is 4. The van der Waals surface area contributed by atoms with Gasteiger partial charge in [0.1, 0.15) is 0 Å². The topological polar surface area (TPSA) is 83.2 Å². The third-order valence-corrected chi connectivity index (χ3v) is 1.86. The largest absolute Gasteiger partial charge is 1.00 e. The van der Waals surface area contributed by atoms with Gasteiger partial charge in [-0.15, -0.1) is 0 Å². The number of benzene rings is 1. The van der Waals surface area contributed by atoms with Crippen molar-refractivity contribution >= 4 is 15.8 Å². The molecule has 0 aromatic heterocycles. The molecule has 74 valence electrons. The first kappa shape index (κ1) is 16.4. The fourth-order valence-corrected chi connectivity index (χ4v) is 0.453. The van der Waals surface area contributed by atoms with E-state index >= 15 is 0 Å². The molecule has 0 aliphatic rings. The molecule has 0 amide bonds. The van der Waals surface area contributed by atoms with Gasteiger partial charge in [0, 0.05) is 11.4 Å². The quantitative estimate of drug-likeness (QED) is 0.335. The minimum absolute atomic E-state index is 0. The van der Waals surface area contributed by atoms with Gasteiger partial charge in [-0.25, -0.2) is 8.42 Å². The Balaban J connectivity index is 0. The standard InChI is InChI=1S/C6H7N.C2H6O3S.Na/c7-6-4-2-1-3-5-6;1-2-6(3,4)5;/h1-5H,7H2;2H2,1H3,(H,3,4,5);/q;;+1/p-1. The van der Waals surface area contributed by atoms with Gasteiger partial charge in [-0.05, 0) is 12.1 Å². The van der Waals surface area contributed by atoms with Crippen LogP contribution >= 0.6 is 0 Å². The van der Waals surface area contributed by atoms with Gasteiger partial charge in [0.25, 0.3) is 0 Å². The van der Waals surface area contributed by atoms with Gasteiger partial charge >= 0.3 is 29.6 Å². The number of rotatable bonds is 1. The molecule has 0 aliphatic carbocycles. The number of hydrogen-bond donors (Lipinski definition) is 1. The van der Waals surface area contributed by atoms with Crippen LogP contribution in [0.5, 0.6) is 0 Å². The molecule has 1 aromatic carbocycles. The van der Waals surface area contributed by atoms with E-state index in [2.05, 4.69) is 0 Å².